The fourth-order valence-corrected chi connectivity index (χ4v) is 3.58. The third-order valence-corrected chi connectivity index (χ3v) is 5.02. The highest BCUT2D eigenvalue weighted by molar-refractivity contribution is 7.99. The average molecular weight is 349 g/mol. The fraction of sp³-hybridized carbons (Fsp3) is 0.471. The van der Waals surface area contributed by atoms with Crippen molar-refractivity contribution >= 4 is 29.5 Å². The predicted octanol–water partition coefficient (Wildman–Crippen LogP) is 0.691. The van der Waals surface area contributed by atoms with Gasteiger partial charge in [0, 0.05) is 25.9 Å². The van der Waals surface area contributed by atoms with Gasteiger partial charge in [-0.25, -0.2) is 0 Å². The van der Waals surface area contributed by atoms with Gasteiger partial charge in [0.15, 0.2) is 0 Å². The van der Waals surface area contributed by atoms with Gasteiger partial charge in [0.25, 0.3) is 0 Å². The lowest BCUT2D eigenvalue weighted by atomic mass is 10.1. The molecule has 1 atom stereocenters. The van der Waals surface area contributed by atoms with Crippen LogP contribution in [0, 0.1) is 6.92 Å². The van der Waals surface area contributed by atoms with E-state index in [0.29, 0.717) is 18.8 Å². The van der Waals surface area contributed by atoms with Crippen LogP contribution >= 0.6 is 11.8 Å². The second-order valence-corrected chi connectivity index (χ2v) is 6.68. The fourth-order valence-electron chi connectivity index (χ4n) is 2.60. The predicted molar refractivity (Wildman–Crippen MR) is 94.5 cm³/mol. The van der Waals surface area contributed by atoms with Crippen LogP contribution in [0.15, 0.2) is 24.3 Å². The van der Waals surface area contributed by atoms with E-state index in [1.165, 1.54) is 34.8 Å². The lowest BCUT2D eigenvalue weighted by Gasteiger charge is -2.34. The number of thioether (sulfide) groups is 1. The van der Waals surface area contributed by atoms with Crippen LogP contribution in [0.3, 0.4) is 0 Å². The molecule has 24 heavy (non-hydrogen) atoms. The topological polar surface area (TPSA) is 78.5 Å². The monoisotopic (exact) mass is 349 g/mol. The molecule has 0 unspecified atom stereocenters. The molecule has 1 aromatic carbocycles. The summed E-state index contributed by atoms with van der Waals surface area (Å²) in [6.07, 6.45) is -0.00344. The molecule has 0 saturated carbocycles. The Labute approximate surface area is 146 Å². The van der Waals surface area contributed by atoms with Crippen molar-refractivity contribution in [3.63, 3.8) is 0 Å². The zero-order chi connectivity index (χ0) is 17.5. The summed E-state index contributed by atoms with van der Waals surface area (Å²) in [6.45, 7) is 2.92. The van der Waals surface area contributed by atoms with Crippen LogP contribution in [0.5, 0.6) is 0 Å². The van der Waals surface area contributed by atoms with Gasteiger partial charge in [0.2, 0.25) is 17.7 Å². The Bertz CT molecular complexity index is 621. The van der Waals surface area contributed by atoms with Gasteiger partial charge in [0.05, 0.1) is 12.2 Å². The van der Waals surface area contributed by atoms with Crippen molar-refractivity contribution in [1.82, 2.24) is 15.5 Å². The number of nitrogens with zero attached hydrogens (tertiary/aromatic N) is 1. The van der Waals surface area contributed by atoms with E-state index in [4.69, 9.17) is 0 Å². The van der Waals surface area contributed by atoms with Crippen molar-refractivity contribution in [1.29, 1.82) is 0 Å². The molecule has 1 fully saturated rings. The number of hydrogen-bond donors (Lipinski definition) is 2. The number of nitrogens with one attached hydrogen (secondary N) is 2. The molecule has 0 bridgehead atoms. The molecule has 1 aromatic rings. The van der Waals surface area contributed by atoms with E-state index in [0.717, 1.165) is 5.75 Å². The maximum atomic E-state index is 12.5. The van der Waals surface area contributed by atoms with Crippen LogP contribution in [-0.4, -0.2) is 54.6 Å². The Kier molecular flexibility index (Phi) is 6.66. The van der Waals surface area contributed by atoms with E-state index < -0.39 is 6.04 Å². The van der Waals surface area contributed by atoms with Gasteiger partial charge in [-0.05, 0) is 18.1 Å². The minimum absolute atomic E-state index is 0.00344. The molecule has 2 rings (SSSR count). The van der Waals surface area contributed by atoms with Crippen LogP contribution in [0.4, 0.5) is 0 Å². The Balaban J connectivity index is 1.92. The van der Waals surface area contributed by atoms with Crippen molar-refractivity contribution in [2.75, 3.05) is 25.9 Å². The second kappa shape index (κ2) is 8.73. The van der Waals surface area contributed by atoms with Gasteiger partial charge < -0.3 is 15.5 Å². The molecule has 0 aliphatic carbocycles. The summed E-state index contributed by atoms with van der Waals surface area (Å²) in [5.41, 5.74) is 2.40. The Morgan fingerprint density at radius 2 is 2.12 bits per heavy atom. The Hall–Kier alpha value is -2.02. The first-order chi connectivity index (χ1) is 11.5. The summed E-state index contributed by atoms with van der Waals surface area (Å²) in [7, 11) is 1.52. The summed E-state index contributed by atoms with van der Waals surface area (Å²) in [4.78, 5) is 37.6. The number of hydrogen-bond acceptors (Lipinski definition) is 4. The SMILES string of the molecule is CNC(=O)C[C@@H]1C(=O)NCCN1C(=O)CSCc1ccccc1C. The van der Waals surface area contributed by atoms with Crippen molar-refractivity contribution in [3.8, 4) is 0 Å². The summed E-state index contributed by atoms with van der Waals surface area (Å²) in [6, 6.07) is 7.36. The zero-order valence-electron chi connectivity index (χ0n) is 14.0. The molecular weight excluding hydrogens is 326 g/mol. The highest BCUT2D eigenvalue weighted by atomic mass is 32.2. The summed E-state index contributed by atoms with van der Waals surface area (Å²) < 4.78 is 0. The largest absolute Gasteiger partial charge is 0.359 e. The minimum atomic E-state index is -0.717. The first kappa shape index (κ1) is 18.3. The van der Waals surface area contributed by atoms with Crippen LogP contribution < -0.4 is 10.6 Å². The Morgan fingerprint density at radius 1 is 1.38 bits per heavy atom. The molecule has 130 valence electrons. The van der Waals surface area contributed by atoms with Crippen LogP contribution in [-0.2, 0) is 20.1 Å². The highest BCUT2D eigenvalue weighted by Crippen LogP contribution is 2.18. The number of aryl methyl sites for hydroxylation is 1. The van der Waals surface area contributed by atoms with Gasteiger partial charge in [-0.15, -0.1) is 11.8 Å². The molecule has 0 radical (unpaired) electrons. The molecule has 1 saturated heterocycles. The van der Waals surface area contributed by atoms with E-state index in [1.807, 2.05) is 25.1 Å². The normalized spacial score (nSPS) is 17.3. The standard InChI is InChI=1S/C17H23N3O3S/c1-12-5-3-4-6-13(12)10-24-11-16(22)20-8-7-19-17(23)14(20)9-15(21)18-2/h3-6,14H,7-11H2,1-2H3,(H,18,21)(H,19,23)/t14-/m1/s1. The van der Waals surface area contributed by atoms with E-state index >= 15 is 0 Å². The van der Waals surface area contributed by atoms with E-state index in [2.05, 4.69) is 16.7 Å². The van der Waals surface area contributed by atoms with Gasteiger partial charge in [-0.3, -0.25) is 14.4 Å². The van der Waals surface area contributed by atoms with Crippen LogP contribution in [0.25, 0.3) is 0 Å². The molecule has 1 aliphatic rings. The maximum Gasteiger partial charge on any atom is 0.243 e. The van der Waals surface area contributed by atoms with E-state index in [-0.39, 0.29) is 24.1 Å². The van der Waals surface area contributed by atoms with Crippen molar-refractivity contribution in [2.45, 2.75) is 25.1 Å². The summed E-state index contributed by atoms with van der Waals surface area (Å²) in [5, 5.41) is 5.22. The zero-order valence-corrected chi connectivity index (χ0v) is 14.8. The summed E-state index contributed by atoms with van der Waals surface area (Å²) in [5.74, 6) is 0.437. The lowest BCUT2D eigenvalue weighted by Crippen LogP contribution is -2.58. The van der Waals surface area contributed by atoms with E-state index in [9.17, 15) is 14.4 Å². The third-order valence-electron chi connectivity index (χ3n) is 4.05. The van der Waals surface area contributed by atoms with Crippen LogP contribution in [0.2, 0.25) is 0 Å². The number of amides is 3. The smallest absolute Gasteiger partial charge is 0.243 e. The van der Waals surface area contributed by atoms with Gasteiger partial charge in [-0.1, -0.05) is 24.3 Å². The second-order valence-electron chi connectivity index (χ2n) is 5.69. The molecule has 0 aromatic heterocycles. The number of carbonyl (C=O) groups excluding carboxylic acids is 3. The molecule has 2 N–H and O–H groups in total. The summed E-state index contributed by atoms with van der Waals surface area (Å²) >= 11 is 1.53. The number of rotatable bonds is 6. The molecule has 0 spiro atoms. The molecule has 6 nitrogen and oxygen atoms in total. The van der Waals surface area contributed by atoms with Gasteiger partial charge >= 0.3 is 0 Å². The van der Waals surface area contributed by atoms with E-state index in [1.54, 1.807) is 0 Å². The van der Waals surface area contributed by atoms with Gasteiger partial charge in [-0.2, -0.15) is 0 Å². The molecule has 3 amide bonds. The van der Waals surface area contributed by atoms with Crippen LogP contribution in [0.1, 0.15) is 17.5 Å². The average Bonchev–Trinajstić information content (AvgIpc) is 2.58. The Morgan fingerprint density at radius 3 is 2.83 bits per heavy atom. The number of benzene rings is 1. The quantitative estimate of drug-likeness (QED) is 0.792. The first-order valence-electron chi connectivity index (χ1n) is 7.93. The maximum absolute atomic E-state index is 12.5. The first-order valence-corrected chi connectivity index (χ1v) is 9.08. The molecule has 1 aliphatic heterocycles. The number of piperazine rings is 1. The highest BCUT2D eigenvalue weighted by Gasteiger charge is 2.34. The lowest BCUT2D eigenvalue weighted by molar-refractivity contribution is -0.143. The van der Waals surface area contributed by atoms with Crippen molar-refractivity contribution < 1.29 is 14.4 Å². The number of carbonyl (C=O) groups is 3. The molecular formula is C17H23N3O3S. The van der Waals surface area contributed by atoms with Gasteiger partial charge in [0.1, 0.15) is 6.04 Å². The van der Waals surface area contributed by atoms with Crippen molar-refractivity contribution in [2.24, 2.45) is 0 Å². The third kappa shape index (κ3) is 4.74. The molecule has 1 heterocycles. The minimum Gasteiger partial charge on any atom is -0.359 e. The molecule has 7 heteroatoms. The van der Waals surface area contributed by atoms with Crippen molar-refractivity contribution in [3.05, 3.63) is 35.4 Å².